The first-order valence-electron chi connectivity index (χ1n) is 5.28. The highest BCUT2D eigenvalue weighted by molar-refractivity contribution is 9.10. The van der Waals surface area contributed by atoms with Crippen LogP contribution >= 0.6 is 15.9 Å². The molecule has 0 aliphatic carbocycles. The average Bonchev–Trinajstić information content (AvgIpc) is 2.41. The number of benzene rings is 2. The second kappa shape index (κ2) is 5.62. The lowest BCUT2D eigenvalue weighted by atomic mass is 10.2. The topological polar surface area (TPSA) is 69.4 Å². The van der Waals surface area contributed by atoms with Gasteiger partial charge in [0.25, 0.3) is 0 Å². The summed E-state index contributed by atoms with van der Waals surface area (Å²) in [6.45, 7) is 0. The molecule has 96 valence electrons. The molecule has 0 radical (unpaired) electrons. The van der Waals surface area contributed by atoms with Crippen LogP contribution in [0.4, 0.5) is 5.69 Å². The van der Waals surface area contributed by atoms with Gasteiger partial charge in [0, 0.05) is 11.6 Å². The zero-order chi connectivity index (χ0) is 13.8. The van der Waals surface area contributed by atoms with Crippen molar-refractivity contribution >= 4 is 27.9 Å². The third-order valence-electron chi connectivity index (χ3n) is 2.37. The van der Waals surface area contributed by atoms with Gasteiger partial charge in [-0.15, -0.1) is 0 Å². The van der Waals surface area contributed by atoms with E-state index in [0.717, 1.165) is 0 Å². The summed E-state index contributed by atoms with van der Waals surface area (Å²) >= 11 is 3.29. The highest BCUT2D eigenvalue weighted by Crippen LogP contribution is 2.35. The first kappa shape index (κ1) is 13.2. The predicted octanol–water partition coefficient (Wildman–Crippen LogP) is 3.96. The molecule has 6 heteroatoms. The molecule has 0 aliphatic heterocycles. The first-order valence-corrected chi connectivity index (χ1v) is 6.07. The molecule has 0 fully saturated rings. The van der Waals surface area contributed by atoms with E-state index in [4.69, 9.17) is 4.74 Å². The third-order valence-corrected chi connectivity index (χ3v) is 3.03. The molecule has 0 N–H and O–H groups in total. The van der Waals surface area contributed by atoms with Crippen molar-refractivity contribution in [2.24, 2.45) is 0 Å². The molecule has 0 spiro atoms. The van der Waals surface area contributed by atoms with Gasteiger partial charge < -0.3 is 4.74 Å². The lowest BCUT2D eigenvalue weighted by molar-refractivity contribution is -0.385. The molecule has 2 rings (SSSR count). The Morgan fingerprint density at radius 1 is 1.16 bits per heavy atom. The van der Waals surface area contributed by atoms with Gasteiger partial charge >= 0.3 is 5.69 Å². The van der Waals surface area contributed by atoms with Gasteiger partial charge in [-0.25, -0.2) is 0 Å². The molecular formula is C13H8BrNO4. The highest BCUT2D eigenvalue weighted by atomic mass is 79.9. The smallest absolute Gasteiger partial charge is 0.312 e. The van der Waals surface area contributed by atoms with Gasteiger partial charge in [-0.3, -0.25) is 14.9 Å². The van der Waals surface area contributed by atoms with Crippen LogP contribution < -0.4 is 4.74 Å². The number of ether oxygens (including phenoxy) is 1. The molecular weight excluding hydrogens is 314 g/mol. The number of hydrogen-bond acceptors (Lipinski definition) is 4. The van der Waals surface area contributed by atoms with Gasteiger partial charge in [-0.1, -0.05) is 12.1 Å². The maximum atomic E-state index is 11.0. The molecule has 2 aromatic rings. The van der Waals surface area contributed by atoms with Gasteiger partial charge in [0.1, 0.15) is 12.0 Å². The lowest BCUT2D eigenvalue weighted by Crippen LogP contribution is -1.95. The van der Waals surface area contributed by atoms with Crippen molar-refractivity contribution in [1.29, 1.82) is 0 Å². The van der Waals surface area contributed by atoms with E-state index < -0.39 is 4.92 Å². The summed E-state index contributed by atoms with van der Waals surface area (Å²) in [5.74, 6) is 0.548. The van der Waals surface area contributed by atoms with E-state index in [1.165, 1.54) is 18.2 Å². The first-order chi connectivity index (χ1) is 9.11. The molecule has 0 amide bonds. The Hall–Kier alpha value is -2.21. The number of nitro groups is 1. The SMILES string of the molecule is O=Cc1ccc(Oc2ccccc2Br)c([N+](=O)[O-])c1. The van der Waals surface area contributed by atoms with Gasteiger partial charge in [-0.2, -0.15) is 0 Å². The van der Waals surface area contributed by atoms with Crippen LogP contribution in [0.2, 0.25) is 0 Å². The number of carbonyl (C=O) groups is 1. The molecule has 19 heavy (non-hydrogen) atoms. The molecule has 0 saturated carbocycles. The predicted molar refractivity (Wildman–Crippen MR) is 72.7 cm³/mol. The Bertz CT molecular complexity index is 642. The molecule has 0 atom stereocenters. The van der Waals surface area contributed by atoms with Crippen LogP contribution in [0.15, 0.2) is 46.9 Å². The summed E-state index contributed by atoms with van der Waals surface area (Å²) in [7, 11) is 0. The Balaban J connectivity index is 2.43. The Kier molecular flexibility index (Phi) is 3.91. The van der Waals surface area contributed by atoms with E-state index in [1.807, 2.05) is 0 Å². The Labute approximate surface area is 117 Å². The summed E-state index contributed by atoms with van der Waals surface area (Å²) in [4.78, 5) is 21.0. The molecule has 0 saturated heterocycles. The van der Waals surface area contributed by atoms with Crippen molar-refractivity contribution in [2.45, 2.75) is 0 Å². The summed E-state index contributed by atoms with van der Waals surface area (Å²) in [5, 5.41) is 11.0. The van der Waals surface area contributed by atoms with Crippen molar-refractivity contribution in [3.63, 3.8) is 0 Å². The average molecular weight is 322 g/mol. The molecule has 2 aromatic carbocycles. The second-order valence-corrected chi connectivity index (χ2v) is 4.49. The fourth-order valence-corrected chi connectivity index (χ4v) is 1.85. The Morgan fingerprint density at radius 3 is 2.53 bits per heavy atom. The number of nitro benzene ring substituents is 1. The molecule has 5 nitrogen and oxygen atoms in total. The van der Waals surface area contributed by atoms with Gasteiger partial charge in [-0.05, 0) is 40.2 Å². The van der Waals surface area contributed by atoms with Crippen LogP contribution in [0.5, 0.6) is 11.5 Å². The monoisotopic (exact) mass is 321 g/mol. The maximum Gasteiger partial charge on any atom is 0.312 e. The summed E-state index contributed by atoms with van der Waals surface area (Å²) in [6, 6.07) is 11.1. The van der Waals surface area contributed by atoms with E-state index in [2.05, 4.69) is 15.9 Å². The molecule has 0 unspecified atom stereocenters. The maximum absolute atomic E-state index is 11.0. The van der Waals surface area contributed by atoms with Crippen LogP contribution in [0.3, 0.4) is 0 Å². The van der Waals surface area contributed by atoms with E-state index in [9.17, 15) is 14.9 Å². The van der Waals surface area contributed by atoms with Crippen molar-refractivity contribution in [1.82, 2.24) is 0 Å². The quantitative estimate of drug-likeness (QED) is 0.485. The third kappa shape index (κ3) is 2.97. The van der Waals surface area contributed by atoms with Crippen LogP contribution in [-0.2, 0) is 0 Å². The number of hydrogen-bond donors (Lipinski definition) is 0. The molecule has 0 aliphatic rings. The van der Waals surface area contributed by atoms with Crippen molar-refractivity contribution in [3.8, 4) is 11.5 Å². The van der Waals surface area contributed by atoms with Crippen LogP contribution in [-0.4, -0.2) is 11.2 Å². The van der Waals surface area contributed by atoms with Crippen molar-refractivity contribution in [3.05, 3.63) is 62.6 Å². The number of aldehydes is 1. The fourth-order valence-electron chi connectivity index (χ4n) is 1.48. The summed E-state index contributed by atoms with van der Waals surface area (Å²) in [5.41, 5.74) is -0.0217. The van der Waals surface area contributed by atoms with E-state index >= 15 is 0 Å². The number of halogens is 1. The van der Waals surface area contributed by atoms with Crippen LogP contribution in [0, 0.1) is 10.1 Å². The second-order valence-electron chi connectivity index (χ2n) is 3.63. The van der Waals surface area contributed by atoms with E-state index in [0.29, 0.717) is 16.5 Å². The van der Waals surface area contributed by atoms with Crippen LogP contribution in [0.25, 0.3) is 0 Å². The fraction of sp³-hybridized carbons (Fsp3) is 0. The highest BCUT2D eigenvalue weighted by Gasteiger charge is 2.17. The molecule has 0 heterocycles. The minimum Gasteiger partial charge on any atom is -0.449 e. The number of carbonyl (C=O) groups excluding carboxylic acids is 1. The van der Waals surface area contributed by atoms with Crippen molar-refractivity contribution in [2.75, 3.05) is 0 Å². The normalized spacial score (nSPS) is 9.95. The zero-order valence-electron chi connectivity index (χ0n) is 9.58. The van der Waals surface area contributed by atoms with E-state index in [-0.39, 0.29) is 17.0 Å². The van der Waals surface area contributed by atoms with Gasteiger partial charge in [0.05, 0.1) is 9.40 Å². The minimum absolute atomic E-state index is 0.0856. The van der Waals surface area contributed by atoms with Crippen LogP contribution in [0.1, 0.15) is 10.4 Å². The summed E-state index contributed by atoms with van der Waals surface area (Å²) < 4.78 is 6.18. The Morgan fingerprint density at radius 2 is 1.89 bits per heavy atom. The number of rotatable bonds is 4. The minimum atomic E-state index is -0.584. The number of para-hydroxylation sites is 1. The largest absolute Gasteiger partial charge is 0.449 e. The van der Waals surface area contributed by atoms with E-state index in [1.54, 1.807) is 24.3 Å². The van der Waals surface area contributed by atoms with Crippen molar-refractivity contribution < 1.29 is 14.5 Å². The summed E-state index contributed by atoms with van der Waals surface area (Å²) in [6.07, 6.45) is 0.551. The molecule has 0 bridgehead atoms. The number of nitrogens with zero attached hydrogens (tertiary/aromatic N) is 1. The molecule has 0 aromatic heterocycles. The lowest BCUT2D eigenvalue weighted by Gasteiger charge is -2.08. The standard InChI is InChI=1S/C13H8BrNO4/c14-10-3-1-2-4-12(10)19-13-6-5-9(8-16)7-11(13)15(17)18/h1-8H. The van der Waals surface area contributed by atoms with Gasteiger partial charge in [0.2, 0.25) is 5.75 Å². The zero-order valence-corrected chi connectivity index (χ0v) is 11.2. The van der Waals surface area contributed by atoms with Gasteiger partial charge in [0.15, 0.2) is 0 Å².